The summed E-state index contributed by atoms with van der Waals surface area (Å²) in [6, 6.07) is 14.4. The number of hydrogen-bond acceptors (Lipinski definition) is 5. The molecular formula is C18H15BrN2O4S. The first kappa shape index (κ1) is 18.3. The Morgan fingerprint density at radius 2 is 1.77 bits per heavy atom. The molecule has 2 amide bonds. The van der Waals surface area contributed by atoms with Crippen LogP contribution in [0.15, 0.2) is 58.4 Å². The number of methoxy groups -OCH3 is 1. The minimum absolute atomic E-state index is 0.217. The molecule has 0 radical (unpaired) electrons. The van der Waals surface area contributed by atoms with E-state index >= 15 is 0 Å². The Morgan fingerprint density at radius 3 is 2.42 bits per heavy atom. The molecule has 2 aromatic rings. The van der Waals surface area contributed by atoms with Crippen molar-refractivity contribution in [2.45, 2.75) is 0 Å². The maximum Gasteiger partial charge on any atom is 0.302 e. The third-order valence-corrected chi connectivity index (χ3v) is 4.71. The zero-order valence-corrected chi connectivity index (χ0v) is 16.2. The molecule has 0 aliphatic carbocycles. The largest absolute Gasteiger partial charge is 0.497 e. The molecule has 1 heterocycles. The summed E-state index contributed by atoms with van der Waals surface area (Å²) in [5.74, 6) is 0.846. The molecule has 0 spiro atoms. The van der Waals surface area contributed by atoms with E-state index in [0.29, 0.717) is 17.2 Å². The summed E-state index contributed by atoms with van der Waals surface area (Å²) in [5.41, 5.74) is 3.95. The molecule has 0 aromatic heterocycles. The summed E-state index contributed by atoms with van der Waals surface area (Å²) in [6.07, 6.45) is 0. The molecule has 1 aliphatic heterocycles. The first-order valence-corrected chi connectivity index (χ1v) is 9.27. The number of hydrazine groups is 1. The minimum atomic E-state index is -0.386. The number of hydrogen-bond donors (Lipinski definition) is 1. The van der Waals surface area contributed by atoms with Gasteiger partial charge in [0.15, 0.2) is 6.61 Å². The fourth-order valence-corrected chi connectivity index (χ4v) is 3.10. The molecule has 26 heavy (non-hydrogen) atoms. The van der Waals surface area contributed by atoms with Crippen molar-refractivity contribution in [2.24, 2.45) is 0 Å². The van der Waals surface area contributed by atoms with Crippen molar-refractivity contribution in [3.05, 3.63) is 64.0 Å². The van der Waals surface area contributed by atoms with Crippen molar-refractivity contribution in [3.63, 3.8) is 0 Å². The lowest BCUT2D eigenvalue weighted by molar-refractivity contribution is -0.131. The highest BCUT2D eigenvalue weighted by atomic mass is 79.9. The van der Waals surface area contributed by atoms with Crippen LogP contribution in [0.3, 0.4) is 0 Å². The van der Waals surface area contributed by atoms with Gasteiger partial charge in [-0.2, -0.15) is 0 Å². The second-order valence-electron chi connectivity index (χ2n) is 5.22. The summed E-state index contributed by atoms with van der Waals surface area (Å²) in [6.45, 7) is -0.217. The Bertz CT molecular complexity index is 837. The number of rotatable bonds is 5. The Kier molecular flexibility index (Phi) is 5.85. The second-order valence-corrected chi connectivity index (χ2v) is 6.98. The summed E-state index contributed by atoms with van der Waals surface area (Å²) in [7, 11) is 1.58. The van der Waals surface area contributed by atoms with Crippen LogP contribution in [0.25, 0.3) is 5.70 Å². The van der Waals surface area contributed by atoms with Crippen LogP contribution in [0.4, 0.5) is 4.79 Å². The van der Waals surface area contributed by atoms with Gasteiger partial charge in [-0.1, -0.05) is 28.1 Å². The first-order chi connectivity index (χ1) is 12.6. The van der Waals surface area contributed by atoms with E-state index in [-0.39, 0.29) is 17.8 Å². The van der Waals surface area contributed by atoms with E-state index in [1.807, 2.05) is 24.3 Å². The Balaban J connectivity index is 1.72. The molecule has 1 N–H and O–H groups in total. The zero-order valence-electron chi connectivity index (χ0n) is 13.8. The normalized spacial score (nSPS) is 13.7. The third-order valence-electron chi connectivity index (χ3n) is 3.53. The Hall–Kier alpha value is -2.45. The summed E-state index contributed by atoms with van der Waals surface area (Å²) < 4.78 is 11.5. The number of carbonyl (C=O) groups is 2. The van der Waals surface area contributed by atoms with E-state index < -0.39 is 0 Å². The predicted molar refractivity (Wildman–Crippen MR) is 104 cm³/mol. The molecule has 0 saturated heterocycles. The van der Waals surface area contributed by atoms with Crippen molar-refractivity contribution in [3.8, 4) is 11.5 Å². The highest BCUT2D eigenvalue weighted by Gasteiger charge is 2.26. The Morgan fingerprint density at radius 1 is 1.12 bits per heavy atom. The highest BCUT2D eigenvalue weighted by molar-refractivity contribution is 9.10. The Labute approximate surface area is 163 Å². The van der Waals surface area contributed by atoms with E-state index in [0.717, 1.165) is 21.8 Å². The maximum atomic E-state index is 12.6. The smallest absolute Gasteiger partial charge is 0.302 e. The molecule has 3 rings (SSSR count). The molecule has 2 aromatic carbocycles. The number of benzene rings is 2. The third kappa shape index (κ3) is 4.39. The molecule has 1 aliphatic rings. The van der Waals surface area contributed by atoms with Gasteiger partial charge in [-0.3, -0.25) is 15.0 Å². The molecule has 8 heteroatoms. The van der Waals surface area contributed by atoms with Gasteiger partial charge in [0, 0.05) is 15.4 Å². The quantitative estimate of drug-likeness (QED) is 0.768. The predicted octanol–water partition coefficient (Wildman–Crippen LogP) is 4.04. The molecule has 0 saturated carbocycles. The van der Waals surface area contributed by atoms with Gasteiger partial charge >= 0.3 is 5.24 Å². The first-order valence-electron chi connectivity index (χ1n) is 7.60. The van der Waals surface area contributed by atoms with Crippen LogP contribution in [0.1, 0.15) is 5.56 Å². The van der Waals surface area contributed by atoms with E-state index in [1.165, 1.54) is 5.01 Å². The standard InChI is InChI=1S/C18H15BrN2O4S/c1-24-14-6-8-15(9-7-14)25-10-17(22)21-16(11-26-18(23)20-21)12-2-4-13(19)5-3-12/h2-9,11H,10H2,1H3,(H,20,23). The van der Waals surface area contributed by atoms with Gasteiger partial charge in [-0.25, -0.2) is 5.01 Å². The lowest BCUT2D eigenvalue weighted by Crippen LogP contribution is -2.47. The van der Waals surface area contributed by atoms with Gasteiger partial charge < -0.3 is 9.47 Å². The molecular weight excluding hydrogens is 420 g/mol. The van der Waals surface area contributed by atoms with Crippen LogP contribution in [0.2, 0.25) is 0 Å². The number of halogens is 1. The molecule has 0 atom stereocenters. The maximum absolute atomic E-state index is 12.6. The van der Waals surface area contributed by atoms with E-state index in [4.69, 9.17) is 9.47 Å². The van der Waals surface area contributed by atoms with E-state index in [9.17, 15) is 9.59 Å². The SMILES string of the molecule is COc1ccc(OCC(=O)N2NC(=O)SC=C2c2ccc(Br)cc2)cc1. The summed E-state index contributed by atoms with van der Waals surface area (Å²) >= 11 is 4.37. The number of nitrogens with zero attached hydrogens (tertiary/aromatic N) is 1. The van der Waals surface area contributed by atoms with Gasteiger partial charge in [0.1, 0.15) is 11.5 Å². The topological polar surface area (TPSA) is 67.9 Å². The van der Waals surface area contributed by atoms with E-state index in [1.54, 1.807) is 36.8 Å². The van der Waals surface area contributed by atoms with Gasteiger partial charge in [0.05, 0.1) is 12.8 Å². The second kappa shape index (κ2) is 8.29. The lowest BCUT2D eigenvalue weighted by Gasteiger charge is -2.28. The lowest BCUT2D eigenvalue weighted by atomic mass is 10.1. The van der Waals surface area contributed by atoms with Crippen LogP contribution in [-0.2, 0) is 4.79 Å². The number of carbonyl (C=O) groups excluding carboxylic acids is 2. The monoisotopic (exact) mass is 434 g/mol. The van der Waals surface area contributed by atoms with Crippen molar-refractivity contribution < 1.29 is 19.1 Å². The minimum Gasteiger partial charge on any atom is -0.497 e. The zero-order chi connectivity index (χ0) is 18.5. The number of thioether (sulfide) groups is 1. The van der Waals surface area contributed by atoms with Crippen LogP contribution in [0, 0.1) is 0 Å². The fourth-order valence-electron chi connectivity index (χ4n) is 2.24. The van der Waals surface area contributed by atoms with E-state index in [2.05, 4.69) is 21.4 Å². The average Bonchev–Trinajstić information content (AvgIpc) is 2.67. The van der Waals surface area contributed by atoms with Gasteiger partial charge in [0.2, 0.25) is 0 Å². The van der Waals surface area contributed by atoms with Crippen LogP contribution >= 0.6 is 27.7 Å². The summed E-state index contributed by atoms with van der Waals surface area (Å²) in [4.78, 5) is 24.3. The van der Waals surface area contributed by atoms with Crippen molar-refractivity contribution in [1.82, 2.24) is 10.4 Å². The number of nitrogens with one attached hydrogen (secondary N) is 1. The van der Waals surface area contributed by atoms with Crippen LogP contribution in [-0.4, -0.2) is 29.9 Å². The number of amides is 2. The molecule has 0 bridgehead atoms. The fraction of sp³-hybridized carbons (Fsp3) is 0.111. The summed E-state index contributed by atoms with van der Waals surface area (Å²) in [5, 5.41) is 2.53. The van der Waals surface area contributed by atoms with Crippen molar-refractivity contribution in [1.29, 1.82) is 0 Å². The molecule has 6 nitrogen and oxygen atoms in total. The van der Waals surface area contributed by atoms with Gasteiger partial charge in [0.25, 0.3) is 5.91 Å². The van der Waals surface area contributed by atoms with Crippen LogP contribution < -0.4 is 14.9 Å². The molecule has 0 fully saturated rings. The highest BCUT2D eigenvalue weighted by Crippen LogP contribution is 2.27. The van der Waals surface area contributed by atoms with Crippen molar-refractivity contribution in [2.75, 3.05) is 13.7 Å². The van der Waals surface area contributed by atoms with Crippen LogP contribution in [0.5, 0.6) is 11.5 Å². The number of ether oxygens (including phenoxy) is 2. The van der Waals surface area contributed by atoms with Gasteiger partial charge in [-0.15, -0.1) is 0 Å². The van der Waals surface area contributed by atoms with Gasteiger partial charge in [-0.05, 0) is 48.2 Å². The molecule has 134 valence electrons. The van der Waals surface area contributed by atoms with Crippen molar-refractivity contribution >= 4 is 44.5 Å². The molecule has 0 unspecified atom stereocenters. The average molecular weight is 435 g/mol.